The van der Waals surface area contributed by atoms with E-state index in [0.29, 0.717) is 19.1 Å². The third-order valence-corrected chi connectivity index (χ3v) is 2.44. The van der Waals surface area contributed by atoms with Crippen molar-refractivity contribution >= 4 is 5.91 Å². The van der Waals surface area contributed by atoms with Gasteiger partial charge in [0.05, 0.1) is 12.6 Å². The normalized spacial score (nSPS) is 15.1. The Balaban J connectivity index is 4.09. The molecule has 0 aliphatic rings. The predicted molar refractivity (Wildman–Crippen MR) is 61.7 cm³/mol. The van der Waals surface area contributed by atoms with Crippen LogP contribution in [0.2, 0.25) is 0 Å². The van der Waals surface area contributed by atoms with Gasteiger partial charge in [-0.2, -0.15) is 0 Å². The fourth-order valence-corrected chi connectivity index (χ4v) is 1.30. The molecule has 0 heterocycles. The minimum Gasteiger partial charge on any atom is -0.383 e. The Labute approximate surface area is 92.8 Å². The average Bonchev–Trinajstić information content (AvgIpc) is 2.17. The molecule has 0 radical (unpaired) electrons. The molecular formula is C11H24N2O2. The van der Waals surface area contributed by atoms with Crippen LogP contribution in [0.5, 0.6) is 0 Å². The van der Waals surface area contributed by atoms with Gasteiger partial charge in [0.15, 0.2) is 0 Å². The topological polar surface area (TPSA) is 50.4 Å². The van der Waals surface area contributed by atoms with Gasteiger partial charge in [-0.3, -0.25) is 4.79 Å². The molecule has 1 amide bonds. The lowest BCUT2D eigenvalue weighted by molar-refractivity contribution is -0.125. The highest BCUT2D eigenvalue weighted by molar-refractivity contribution is 5.78. The summed E-state index contributed by atoms with van der Waals surface area (Å²) in [6.45, 7) is 7.33. The summed E-state index contributed by atoms with van der Waals surface area (Å²) in [4.78, 5) is 11.7. The Morgan fingerprint density at radius 3 is 2.33 bits per heavy atom. The monoisotopic (exact) mass is 216 g/mol. The maximum Gasteiger partial charge on any atom is 0.224 e. The predicted octanol–water partition coefficient (Wildman–Crippen LogP) is 0.629. The molecule has 0 saturated carbocycles. The second-order valence-corrected chi connectivity index (χ2v) is 4.27. The van der Waals surface area contributed by atoms with Crippen LogP contribution < -0.4 is 10.6 Å². The lowest BCUT2D eigenvalue weighted by Crippen LogP contribution is -2.45. The molecule has 0 spiro atoms. The standard InChI is InChI=1S/C11H24N2O2/c1-8(2)10(7-15-5)13-11(14)9(3)6-12-4/h8-10,12H,6-7H2,1-5H3,(H,13,14). The molecule has 2 atom stereocenters. The summed E-state index contributed by atoms with van der Waals surface area (Å²) in [6, 6.07) is 0.0989. The minimum atomic E-state index is -0.00638. The van der Waals surface area contributed by atoms with Crippen molar-refractivity contribution in [2.45, 2.75) is 26.8 Å². The van der Waals surface area contributed by atoms with E-state index in [4.69, 9.17) is 4.74 Å². The zero-order chi connectivity index (χ0) is 11.8. The van der Waals surface area contributed by atoms with Gasteiger partial charge in [-0.1, -0.05) is 20.8 Å². The van der Waals surface area contributed by atoms with E-state index in [0.717, 1.165) is 0 Å². The van der Waals surface area contributed by atoms with E-state index >= 15 is 0 Å². The van der Waals surface area contributed by atoms with Crippen LogP contribution >= 0.6 is 0 Å². The van der Waals surface area contributed by atoms with Crippen molar-refractivity contribution < 1.29 is 9.53 Å². The van der Waals surface area contributed by atoms with Crippen LogP contribution in [-0.4, -0.2) is 39.3 Å². The molecule has 0 aromatic rings. The Kier molecular flexibility index (Phi) is 7.34. The third kappa shape index (κ3) is 5.74. The van der Waals surface area contributed by atoms with Gasteiger partial charge in [-0.15, -0.1) is 0 Å². The van der Waals surface area contributed by atoms with Crippen LogP contribution in [0.15, 0.2) is 0 Å². The number of carbonyl (C=O) groups excluding carboxylic acids is 1. The molecule has 0 fully saturated rings. The van der Waals surface area contributed by atoms with Crippen LogP contribution in [0, 0.1) is 11.8 Å². The van der Waals surface area contributed by atoms with Crippen LogP contribution in [0.25, 0.3) is 0 Å². The van der Waals surface area contributed by atoms with E-state index in [1.807, 2.05) is 14.0 Å². The van der Waals surface area contributed by atoms with E-state index in [-0.39, 0.29) is 17.9 Å². The summed E-state index contributed by atoms with van der Waals surface area (Å²) >= 11 is 0. The maximum atomic E-state index is 11.7. The summed E-state index contributed by atoms with van der Waals surface area (Å²) in [7, 11) is 3.50. The number of nitrogens with one attached hydrogen (secondary N) is 2. The molecule has 0 rings (SSSR count). The maximum absolute atomic E-state index is 11.7. The van der Waals surface area contributed by atoms with Crippen molar-refractivity contribution in [3.8, 4) is 0 Å². The van der Waals surface area contributed by atoms with Gasteiger partial charge < -0.3 is 15.4 Å². The van der Waals surface area contributed by atoms with Crippen molar-refractivity contribution in [1.29, 1.82) is 0 Å². The van der Waals surface area contributed by atoms with E-state index in [2.05, 4.69) is 24.5 Å². The summed E-state index contributed by atoms with van der Waals surface area (Å²) < 4.78 is 5.08. The molecule has 0 aromatic carbocycles. The first-order valence-corrected chi connectivity index (χ1v) is 5.46. The zero-order valence-electron chi connectivity index (χ0n) is 10.5. The van der Waals surface area contributed by atoms with Crippen molar-refractivity contribution in [3.63, 3.8) is 0 Å². The second kappa shape index (κ2) is 7.65. The number of methoxy groups -OCH3 is 1. The Morgan fingerprint density at radius 1 is 1.33 bits per heavy atom. The number of amides is 1. The highest BCUT2D eigenvalue weighted by atomic mass is 16.5. The number of hydrogen-bond acceptors (Lipinski definition) is 3. The first-order chi connectivity index (χ1) is 7.02. The first-order valence-electron chi connectivity index (χ1n) is 5.46. The van der Waals surface area contributed by atoms with Crippen molar-refractivity contribution in [3.05, 3.63) is 0 Å². The van der Waals surface area contributed by atoms with Crippen molar-refractivity contribution in [2.75, 3.05) is 27.3 Å². The molecule has 90 valence electrons. The Morgan fingerprint density at radius 2 is 1.93 bits per heavy atom. The molecular weight excluding hydrogens is 192 g/mol. The molecule has 0 aromatic heterocycles. The van der Waals surface area contributed by atoms with Crippen LogP contribution in [0.4, 0.5) is 0 Å². The Hall–Kier alpha value is -0.610. The van der Waals surface area contributed by atoms with Gasteiger partial charge in [0.1, 0.15) is 0 Å². The highest BCUT2D eigenvalue weighted by Crippen LogP contribution is 2.03. The molecule has 2 N–H and O–H groups in total. The van der Waals surface area contributed by atoms with Gasteiger partial charge in [-0.25, -0.2) is 0 Å². The van der Waals surface area contributed by atoms with Gasteiger partial charge in [0.2, 0.25) is 5.91 Å². The van der Waals surface area contributed by atoms with E-state index in [1.165, 1.54) is 0 Å². The fraction of sp³-hybridized carbons (Fsp3) is 0.909. The summed E-state index contributed by atoms with van der Waals surface area (Å²) in [5, 5.41) is 5.99. The molecule has 15 heavy (non-hydrogen) atoms. The summed E-state index contributed by atoms with van der Waals surface area (Å²) in [5.41, 5.74) is 0. The lowest BCUT2D eigenvalue weighted by atomic mass is 10.0. The first kappa shape index (κ1) is 14.4. The van der Waals surface area contributed by atoms with Gasteiger partial charge in [-0.05, 0) is 13.0 Å². The third-order valence-electron chi connectivity index (χ3n) is 2.44. The van der Waals surface area contributed by atoms with Crippen LogP contribution in [0.1, 0.15) is 20.8 Å². The van der Waals surface area contributed by atoms with E-state index in [1.54, 1.807) is 7.11 Å². The molecule has 2 unspecified atom stereocenters. The number of carbonyl (C=O) groups is 1. The van der Waals surface area contributed by atoms with Crippen molar-refractivity contribution in [2.24, 2.45) is 11.8 Å². The van der Waals surface area contributed by atoms with Crippen LogP contribution in [-0.2, 0) is 9.53 Å². The smallest absolute Gasteiger partial charge is 0.224 e. The minimum absolute atomic E-state index is 0.00638. The molecule has 0 bridgehead atoms. The van der Waals surface area contributed by atoms with Crippen molar-refractivity contribution in [1.82, 2.24) is 10.6 Å². The lowest BCUT2D eigenvalue weighted by Gasteiger charge is -2.23. The molecule has 4 nitrogen and oxygen atoms in total. The molecule has 0 saturated heterocycles. The molecule has 0 aliphatic carbocycles. The largest absolute Gasteiger partial charge is 0.383 e. The van der Waals surface area contributed by atoms with Gasteiger partial charge in [0.25, 0.3) is 0 Å². The highest BCUT2D eigenvalue weighted by Gasteiger charge is 2.19. The molecule has 0 aliphatic heterocycles. The number of rotatable bonds is 7. The quantitative estimate of drug-likeness (QED) is 0.656. The SMILES string of the molecule is CNCC(C)C(=O)NC(COC)C(C)C. The second-order valence-electron chi connectivity index (χ2n) is 4.27. The number of hydrogen-bond donors (Lipinski definition) is 2. The zero-order valence-corrected chi connectivity index (χ0v) is 10.5. The van der Waals surface area contributed by atoms with Crippen LogP contribution in [0.3, 0.4) is 0 Å². The molecule has 4 heteroatoms. The van der Waals surface area contributed by atoms with Gasteiger partial charge in [0, 0.05) is 19.6 Å². The van der Waals surface area contributed by atoms with E-state index in [9.17, 15) is 4.79 Å². The number of ether oxygens (including phenoxy) is 1. The Bertz CT molecular complexity index is 183. The fourth-order valence-electron chi connectivity index (χ4n) is 1.30. The average molecular weight is 216 g/mol. The summed E-state index contributed by atoms with van der Waals surface area (Å²) in [6.07, 6.45) is 0. The van der Waals surface area contributed by atoms with Gasteiger partial charge >= 0.3 is 0 Å². The van der Waals surface area contributed by atoms with E-state index < -0.39 is 0 Å². The summed E-state index contributed by atoms with van der Waals surface area (Å²) in [5.74, 6) is 0.462.